The van der Waals surface area contributed by atoms with E-state index in [-0.39, 0.29) is 11.9 Å². The van der Waals surface area contributed by atoms with Crippen LogP contribution < -0.4 is 5.73 Å². The lowest BCUT2D eigenvalue weighted by Gasteiger charge is -2.30. The van der Waals surface area contributed by atoms with Crippen molar-refractivity contribution in [1.82, 2.24) is 19.7 Å². The molecule has 32 heavy (non-hydrogen) atoms. The number of piperidine rings is 1. The van der Waals surface area contributed by atoms with E-state index in [1.807, 2.05) is 42.5 Å². The number of carbonyl (C=O) groups is 1. The Hall–Kier alpha value is -4.02. The van der Waals surface area contributed by atoms with Crippen molar-refractivity contribution in [1.29, 1.82) is 5.26 Å². The summed E-state index contributed by atoms with van der Waals surface area (Å²) in [6.45, 7) is 1.22. The van der Waals surface area contributed by atoms with Gasteiger partial charge in [-0.15, -0.1) is 0 Å². The third-order valence-corrected chi connectivity index (χ3v) is 5.80. The third kappa shape index (κ3) is 3.72. The second kappa shape index (κ2) is 8.25. The van der Waals surface area contributed by atoms with Crippen molar-refractivity contribution >= 4 is 16.8 Å². The summed E-state index contributed by atoms with van der Waals surface area (Å²) in [7, 11) is 0. The van der Waals surface area contributed by atoms with Gasteiger partial charge in [-0.25, -0.2) is 4.68 Å². The van der Waals surface area contributed by atoms with Crippen LogP contribution in [0.1, 0.15) is 28.9 Å². The maximum Gasteiger partial charge on any atom is 0.274 e. The summed E-state index contributed by atoms with van der Waals surface area (Å²) in [6.07, 6.45) is 3.58. The monoisotopic (exact) mass is 422 g/mol. The first-order chi connectivity index (χ1) is 15.6. The normalized spacial score (nSPS) is 16.1. The molecule has 1 aliphatic heterocycles. The summed E-state index contributed by atoms with van der Waals surface area (Å²) in [5.41, 5.74) is 10.3. The molecule has 2 aromatic heterocycles. The highest BCUT2D eigenvalue weighted by Gasteiger charge is 2.25. The minimum Gasteiger partial charge on any atom is -0.336 e. The van der Waals surface area contributed by atoms with Gasteiger partial charge in [0.15, 0.2) is 5.69 Å². The van der Waals surface area contributed by atoms with Crippen LogP contribution in [0.2, 0.25) is 0 Å². The predicted octanol–water partition coefficient (Wildman–Crippen LogP) is 3.52. The number of likely N-dealkylation sites (tertiary alicyclic amines) is 1. The Bertz CT molecular complexity index is 1330. The molecule has 1 fully saturated rings. The molecule has 2 aromatic carbocycles. The van der Waals surface area contributed by atoms with Crippen LogP contribution in [-0.2, 0) is 0 Å². The molecule has 0 radical (unpaired) electrons. The van der Waals surface area contributed by atoms with Crippen molar-refractivity contribution in [2.75, 3.05) is 13.1 Å². The Morgan fingerprint density at radius 3 is 2.72 bits per heavy atom. The lowest BCUT2D eigenvalue weighted by molar-refractivity contribution is 0.0702. The Morgan fingerprint density at radius 2 is 1.94 bits per heavy atom. The number of fused-ring (bicyclic) bond motifs is 1. The van der Waals surface area contributed by atoms with Crippen molar-refractivity contribution in [3.8, 4) is 23.0 Å². The van der Waals surface area contributed by atoms with E-state index in [9.17, 15) is 4.79 Å². The molecule has 5 rings (SSSR count). The molecular formula is C25H22N6O. The van der Waals surface area contributed by atoms with Crippen molar-refractivity contribution < 1.29 is 4.79 Å². The lowest BCUT2D eigenvalue weighted by Crippen LogP contribution is -2.45. The second-order valence-corrected chi connectivity index (χ2v) is 8.06. The fraction of sp³-hybridized carbons (Fsp3) is 0.200. The average Bonchev–Trinajstić information content (AvgIpc) is 3.29. The molecule has 1 aliphatic rings. The zero-order valence-electron chi connectivity index (χ0n) is 17.5. The Kier molecular flexibility index (Phi) is 5.13. The topological polar surface area (TPSA) is 101 Å². The molecule has 0 bridgehead atoms. The van der Waals surface area contributed by atoms with Crippen molar-refractivity contribution in [2.24, 2.45) is 5.73 Å². The summed E-state index contributed by atoms with van der Waals surface area (Å²) in [5, 5.41) is 14.8. The summed E-state index contributed by atoms with van der Waals surface area (Å²) < 4.78 is 1.75. The van der Waals surface area contributed by atoms with E-state index in [2.05, 4.69) is 16.2 Å². The summed E-state index contributed by atoms with van der Waals surface area (Å²) in [5.74, 6) is -0.123. The zero-order valence-corrected chi connectivity index (χ0v) is 17.5. The molecule has 0 saturated carbocycles. The van der Waals surface area contributed by atoms with Crippen LogP contribution in [0.25, 0.3) is 27.8 Å². The number of benzene rings is 2. The maximum atomic E-state index is 13.2. The molecule has 1 saturated heterocycles. The largest absolute Gasteiger partial charge is 0.336 e. The van der Waals surface area contributed by atoms with E-state index in [0.717, 1.165) is 40.7 Å². The fourth-order valence-corrected chi connectivity index (χ4v) is 4.14. The predicted molar refractivity (Wildman–Crippen MR) is 122 cm³/mol. The number of nitriles is 1. The van der Waals surface area contributed by atoms with Gasteiger partial charge in [0.25, 0.3) is 5.91 Å². The number of nitrogens with zero attached hydrogens (tertiary/aromatic N) is 5. The highest BCUT2D eigenvalue weighted by atomic mass is 16.2. The van der Waals surface area contributed by atoms with Crippen LogP contribution in [0.4, 0.5) is 0 Å². The van der Waals surface area contributed by atoms with Gasteiger partial charge in [-0.05, 0) is 43.2 Å². The van der Waals surface area contributed by atoms with E-state index in [4.69, 9.17) is 11.0 Å². The second-order valence-electron chi connectivity index (χ2n) is 8.06. The molecule has 158 valence electrons. The number of para-hydroxylation sites is 1. The standard InChI is InChI=1S/C25H22N6O/c26-14-17-7-9-18(10-8-17)24-13-23(25(32)30-11-3-5-20(27)16-30)29-31(24)21-12-19-4-1-2-6-22(19)28-15-21/h1-2,4,6-10,12-13,15,20H,3,5,11,16,27H2/t20-/m1/s1. The van der Waals surface area contributed by atoms with E-state index in [0.29, 0.717) is 24.3 Å². The van der Waals surface area contributed by atoms with Gasteiger partial charge in [0.2, 0.25) is 0 Å². The third-order valence-electron chi connectivity index (χ3n) is 5.80. The zero-order chi connectivity index (χ0) is 22.1. The summed E-state index contributed by atoms with van der Waals surface area (Å²) in [4.78, 5) is 19.6. The molecule has 1 amide bonds. The number of aromatic nitrogens is 3. The van der Waals surface area contributed by atoms with Gasteiger partial charge < -0.3 is 10.6 Å². The molecule has 1 atom stereocenters. The van der Waals surface area contributed by atoms with Gasteiger partial charge in [0, 0.05) is 30.1 Å². The van der Waals surface area contributed by atoms with Gasteiger partial charge in [0.1, 0.15) is 0 Å². The minimum atomic E-state index is -0.123. The van der Waals surface area contributed by atoms with Gasteiger partial charge in [-0.1, -0.05) is 30.3 Å². The van der Waals surface area contributed by atoms with Gasteiger partial charge in [0.05, 0.1) is 34.7 Å². The quantitative estimate of drug-likeness (QED) is 0.544. The average molecular weight is 422 g/mol. The maximum absolute atomic E-state index is 13.2. The number of hydrogen-bond donors (Lipinski definition) is 1. The Balaban J connectivity index is 1.61. The number of carbonyl (C=O) groups excluding carboxylic acids is 1. The molecule has 3 heterocycles. The van der Waals surface area contributed by atoms with E-state index >= 15 is 0 Å². The number of nitrogens with two attached hydrogens (primary N) is 1. The van der Waals surface area contributed by atoms with Crippen LogP contribution in [0.15, 0.2) is 66.9 Å². The van der Waals surface area contributed by atoms with Crippen molar-refractivity contribution in [3.63, 3.8) is 0 Å². The molecular weight excluding hydrogens is 400 g/mol. The van der Waals surface area contributed by atoms with Crippen LogP contribution in [0, 0.1) is 11.3 Å². The van der Waals surface area contributed by atoms with E-state index < -0.39 is 0 Å². The SMILES string of the molecule is N#Cc1ccc(-c2cc(C(=O)N3CCC[C@@H](N)C3)nn2-c2cnc3ccccc3c2)cc1. The smallest absolute Gasteiger partial charge is 0.274 e. The molecule has 7 nitrogen and oxygen atoms in total. The van der Waals surface area contributed by atoms with Crippen LogP contribution in [0.3, 0.4) is 0 Å². The molecule has 7 heteroatoms. The number of amides is 1. The van der Waals surface area contributed by atoms with Gasteiger partial charge in [-0.2, -0.15) is 10.4 Å². The number of hydrogen-bond acceptors (Lipinski definition) is 5. The van der Waals surface area contributed by atoms with Crippen molar-refractivity contribution in [3.05, 3.63) is 78.1 Å². The van der Waals surface area contributed by atoms with Crippen molar-refractivity contribution in [2.45, 2.75) is 18.9 Å². The van der Waals surface area contributed by atoms with Gasteiger partial charge >= 0.3 is 0 Å². The Morgan fingerprint density at radius 1 is 1.12 bits per heavy atom. The summed E-state index contributed by atoms with van der Waals surface area (Å²) in [6, 6.07) is 21.1. The highest BCUT2D eigenvalue weighted by molar-refractivity contribution is 5.94. The summed E-state index contributed by atoms with van der Waals surface area (Å²) >= 11 is 0. The molecule has 0 spiro atoms. The molecule has 2 N–H and O–H groups in total. The van der Waals surface area contributed by atoms with E-state index in [1.165, 1.54) is 0 Å². The van der Waals surface area contributed by atoms with Gasteiger partial charge in [-0.3, -0.25) is 9.78 Å². The van der Waals surface area contributed by atoms with E-state index in [1.54, 1.807) is 34.0 Å². The molecule has 4 aromatic rings. The molecule has 0 unspecified atom stereocenters. The minimum absolute atomic E-state index is 0.00234. The van der Waals surface area contributed by atoms with Crippen LogP contribution in [-0.4, -0.2) is 44.7 Å². The first-order valence-corrected chi connectivity index (χ1v) is 10.6. The molecule has 0 aliphatic carbocycles. The highest BCUT2D eigenvalue weighted by Crippen LogP contribution is 2.27. The number of rotatable bonds is 3. The van der Waals surface area contributed by atoms with Crippen LogP contribution in [0.5, 0.6) is 0 Å². The lowest BCUT2D eigenvalue weighted by atomic mass is 10.1. The fourth-order valence-electron chi connectivity index (χ4n) is 4.14. The first kappa shape index (κ1) is 19.9. The van der Waals surface area contributed by atoms with Crippen LogP contribution >= 0.6 is 0 Å². The number of pyridine rings is 1. The Labute approximate surface area is 185 Å². The first-order valence-electron chi connectivity index (χ1n) is 10.6.